The Hall–Kier alpha value is -1.36. The minimum Gasteiger partial charge on any atom is -0.349 e. The van der Waals surface area contributed by atoms with Crippen LogP contribution in [0, 0.1) is 13.8 Å². The van der Waals surface area contributed by atoms with Crippen molar-refractivity contribution >= 4 is 5.91 Å². The third-order valence-electron chi connectivity index (χ3n) is 4.33. The van der Waals surface area contributed by atoms with Crippen molar-refractivity contribution in [2.45, 2.75) is 52.6 Å². The second-order valence-electron chi connectivity index (χ2n) is 6.05. The first kappa shape index (κ1) is 15.0. The lowest BCUT2D eigenvalue weighted by Gasteiger charge is -2.34. The number of nitrogens with zero attached hydrogens (tertiary/aromatic N) is 3. The van der Waals surface area contributed by atoms with E-state index in [-0.39, 0.29) is 11.9 Å². The number of rotatable bonds is 3. The summed E-state index contributed by atoms with van der Waals surface area (Å²) in [7, 11) is 1.88. The fraction of sp³-hybridized carbons (Fsp3) is 0.733. The highest BCUT2D eigenvalue weighted by atomic mass is 16.1. The Labute approximate surface area is 121 Å². The summed E-state index contributed by atoms with van der Waals surface area (Å²) in [5.74, 6) is 0.0242. The molecular weight excluding hydrogens is 252 g/mol. The molecule has 1 aliphatic heterocycles. The highest BCUT2D eigenvalue weighted by Crippen LogP contribution is 2.16. The largest absolute Gasteiger partial charge is 0.349 e. The van der Waals surface area contributed by atoms with Crippen molar-refractivity contribution in [1.82, 2.24) is 20.0 Å². The van der Waals surface area contributed by atoms with Crippen LogP contribution in [0.4, 0.5) is 0 Å². The van der Waals surface area contributed by atoms with Gasteiger partial charge >= 0.3 is 0 Å². The van der Waals surface area contributed by atoms with Crippen LogP contribution < -0.4 is 5.32 Å². The van der Waals surface area contributed by atoms with E-state index in [1.165, 1.54) is 0 Å². The molecule has 1 N–H and O–H groups in total. The van der Waals surface area contributed by atoms with Crippen LogP contribution in [0.5, 0.6) is 0 Å². The lowest BCUT2D eigenvalue weighted by molar-refractivity contribution is 0.0899. The number of hydrogen-bond donors (Lipinski definition) is 1. The highest BCUT2D eigenvalue weighted by Gasteiger charge is 2.24. The van der Waals surface area contributed by atoms with Crippen LogP contribution >= 0.6 is 0 Å². The second kappa shape index (κ2) is 5.95. The van der Waals surface area contributed by atoms with Gasteiger partial charge in [0.05, 0.1) is 11.3 Å². The maximum absolute atomic E-state index is 12.4. The lowest BCUT2D eigenvalue weighted by atomic mass is 10.0. The second-order valence-corrected chi connectivity index (χ2v) is 6.05. The molecule has 0 atom stereocenters. The molecule has 1 aromatic heterocycles. The topological polar surface area (TPSA) is 50.2 Å². The Balaban J connectivity index is 1.96. The zero-order valence-electron chi connectivity index (χ0n) is 13.2. The first-order chi connectivity index (χ1) is 9.40. The Morgan fingerprint density at radius 3 is 2.35 bits per heavy atom. The summed E-state index contributed by atoms with van der Waals surface area (Å²) in [6.45, 7) is 10.4. The molecule has 5 nitrogen and oxygen atoms in total. The van der Waals surface area contributed by atoms with Crippen LogP contribution in [-0.2, 0) is 7.05 Å². The number of aromatic nitrogens is 2. The van der Waals surface area contributed by atoms with Crippen LogP contribution in [-0.4, -0.2) is 45.8 Å². The maximum Gasteiger partial charge on any atom is 0.255 e. The summed E-state index contributed by atoms with van der Waals surface area (Å²) in [5, 5.41) is 7.48. The summed E-state index contributed by atoms with van der Waals surface area (Å²) in [6.07, 6.45) is 2.06. The van der Waals surface area contributed by atoms with Crippen molar-refractivity contribution in [3.8, 4) is 0 Å². The van der Waals surface area contributed by atoms with E-state index in [1.54, 1.807) is 4.68 Å². The molecule has 2 rings (SSSR count). The van der Waals surface area contributed by atoms with Gasteiger partial charge in [-0.25, -0.2) is 0 Å². The average molecular weight is 278 g/mol. The first-order valence-corrected chi connectivity index (χ1v) is 7.45. The molecule has 0 radical (unpaired) electrons. The van der Waals surface area contributed by atoms with E-state index in [4.69, 9.17) is 0 Å². The average Bonchev–Trinajstić information content (AvgIpc) is 2.63. The van der Waals surface area contributed by atoms with Crippen LogP contribution in [0.15, 0.2) is 0 Å². The molecule has 1 fully saturated rings. The fourth-order valence-electron chi connectivity index (χ4n) is 2.92. The van der Waals surface area contributed by atoms with Gasteiger partial charge in [-0.05, 0) is 40.5 Å². The molecule has 0 aromatic carbocycles. The number of carbonyl (C=O) groups excluding carboxylic acids is 1. The van der Waals surface area contributed by atoms with Crippen molar-refractivity contribution in [3.63, 3.8) is 0 Å². The molecule has 0 saturated carbocycles. The molecule has 2 heterocycles. The van der Waals surface area contributed by atoms with Crippen molar-refractivity contribution < 1.29 is 4.79 Å². The van der Waals surface area contributed by atoms with Gasteiger partial charge in [-0.3, -0.25) is 9.48 Å². The molecule has 1 saturated heterocycles. The summed E-state index contributed by atoms with van der Waals surface area (Å²) >= 11 is 0. The third-order valence-corrected chi connectivity index (χ3v) is 4.33. The van der Waals surface area contributed by atoms with E-state index >= 15 is 0 Å². The molecule has 0 spiro atoms. The molecule has 0 aliphatic carbocycles. The standard InChI is InChI=1S/C15H26N4O/c1-10(2)19-8-6-13(7-9-19)16-15(20)14-11(3)17-18(5)12(14)4/h10,13H,6-9H2,1-5H3,(H,16,20). The van der Waals surface area contributed by atoms with E-state index in [0.29, 0.717) is 6.04 Å². The van der Waals surface area contributed by atoms with E-state index in [9.17, 15) is 4.79 Å². The van der Waals surface area contributed by atoms with Crippen LogP contribution in [0.1, 0.15) is 48.4 Å². The summed E-state index contributed by atoms with van der Waals surface area (Å²) in [5.41, 5.74) is 2.47. The van der Waals surface area contributed by atoms with Gasteiger partial charge in [0.25, 0.3) is 5.91 Å². The van der Waals surface area contributed by atoms with Gasteiger partial charge in [0.15, 0.2) is 0 Å². The normalized spacial score (nSPS) is 17.7. The predicted octanol–water partition coefficient (Wildman–Crippen LogP) is 1.64. The predicted molar refractivity (Wildman–Crippen MR) is 79.9 cm³/mol. The Morgan fingerprint density at radius 1 is 1.30 bits per heavy atom. The zero-order valence-corrected chi connectivity index (χ0v) is 13.2. The number of piperidine rings is 1. The highest BCUT2D eigenvalue weighted by molar-refractivity contribution is 5.96. The smallest absolute Gasteiger partial charge is 0.255 e. The summed E-state index contributed by atoms with van der Waals surface area (Å²) in [6, 6.07) is 0.881. The number of aryl methyl sites for hydroxylation is 2. The van der Waals surface area contributed by atoms with Gasteiger partial charge < -0.3 is 10.2 Å². The molecule has 0 bridgehead atoms. The van der Waals surface area contributed by atoms with Crippen molar-refractivity contribution in [3.05, 3.63) is 17.0 Å². The molecule has 1 amide bonds. The van der Waals surface area contributed by atoms with Crippen molar-refractivity contribution in [1.29, 1.82) is 0 Å². The fourth-order valence-corrected chi connectivity index (χ4v) is 2.92. The number of likely N-dealkylation sites (tertiary alicyclic amines) is 1. The molecule has 112 valence electrons. The van der Waals surface area contributed by atoms with Crippen LogP contribution in [0.2, 0.25) is 0 Å². The van der Waals surface area contributed by atoms with Crippen molar-refractivity contribution in [2.24, 2.45) is 7.05 Å². The van der Waals surface area contributed by atoms with E-state index in [0.717, 1.165) is 42.9 Å². The number of nitrogens with one attached hydrogen (secondary N) is 1. The Kier molecular flexibility index (Phi) is 4.48. The van der Waals surface area contributed by atoms with Crippen LogP contribution in [0.25, 0.3) is 0 Å². The number of hydrogen-bond acceptors (Lipinski definition) is 3. The lowest BCUT2D eigenvalue weighted by Crippen LogP contribution is -2.46. The molecule has 5 heteroatoms. The van der Waals surface area contributed by atoms with Gasteiger partial charge in [-0.2, -0.15) is 5.10 Å². The van der Waals surface area contributed by atoms with E-state index in [1.807, 2.05) is 20.9 Å². The summed E-state index contributed by atoms with van der Waals surface area (Å²) in [4.78, 5) is 14.9. The number of amides is 1. The van der Waals surface area contributed by atoms with Gasteiger partial charge in [-0.15, -0.1) is 0 Å². The third kappa shape index (κ3) is 3.03. The number of carbonyl (C=O) groups is 1. The van der Waals surface area contributed by atoms with Crippen LogP contribution in [0.3, 0.4) is 0 Å². The Bertz CT molecular complexity index is 484. The molecule has 20 heavy (non-hydrogen) atoms. The van der Waals surface area contributed by atoms with Gasteiger partial charge in [0, 0.05) is 37.9 Å². The van der Waals surface area contributed by atoms with E-state index < -0.39 is 0 Å². The SMILES string of the molecule is Cc1nn(C)c(C)c1C(=O)NC1CCN(C(C)C)CC1. The zero-order chi connectivity index (χ0) is 14.9. The summed E-state index contributed by atoms with van der Waals surface area (Å²) < 4.78 is 1.77. The maximum atomic E-state index is 12.4. The Morgan fingerprint density at radius 2 is 1.90 bits per heavy atom. The van der Waals surface area contributed by atoms with Gasteiger partial charge in [0.1, 0.15) is 0 Å². The van der Waals surface area contributed by atoms with Crippen molar-refractivity contribution in [2.75, 3.05) is 13.1 Å². The van der Waals surface area contributed by atoms with Gasteiger partial charge in [0.2, 0.25) is 0 Å². The van der Waals surface area contributed by atoms with Gasteiger partial charge in [-0.1, -0.05) is 0 Å². The molecular formula is C15H26N4O. The monoisotopic (exact) mass is 278 g/mol. The molecule has 0 unspecified atom stereocenters. The minimum absolute atomic E-state index is 0.0242. The minimum atomic E-state index is 0.0242. The quantitative estimate of drug-likeness (QED) is 0.914. The molecule has 1 aliphatic rings. The first-order valence-electron chi connectivity index (χ1n) is 7.45. The molecule has 1 aromatic rings. The van der Waals surface area contributed by atoms with E-state index in [2.05, 4.69) is 29.2 Å².